The summed E-state index contributed by atoms with van der Waals surface area (Å²) in [6.45, 7) is 1.78. The van der Waals surface area contributed by atoms with Crippen LogP contribution in [0.2, 0.25) is 0 Å². The summed E-state index contributed by atoms with van der Waals surface area (Å²) in [5.41, 5.74) is 5.59. The molecule has 0 unspecified atom stereocenters. The summed E-state index contributed by atoms with van der Waals surface area (Å²) in [5.74, 6) is -0.894. The van der Waals surface area contributed by atoms with Gasteiger partial charge in [0, 0.05) is 0 Å². The van der Waals surface area contributed by atoms with E-state index in [2.05, 4.69) is 25.2 Å². The van der Waals surface area contributed by atoms with Crippen molar-refractivity contribution in [3.8, 4) is 5.82 Å². The van der Waals surface area contributed by atoms with Crippen molar-refractivity contribution in [3.63, 3.8) is 0 Å². The molecule has 18 heavy (non-hydrogen) atoms. The third-order valence-electron chi connectivity index (χ3n) is 2.22. The zero-order valence-corrected chi connectivity index (χ0v) is 9.45. The highest BCUT2D eigenvalue weighted by atomic mass is 19.1. The monoisotopic (exact) mass is 251 g/mol. The molecule has 8 nitrogen and oxygen atoms in total. The number of halogens is 1. The highest BCUT2D eigenvalue weighted by Crippen LogP contribution is 2.11. The van der Waals surface area contributed by atoms with Crippen molar-refractivity contribution in [2.24, 2.45) is 10.9 Å². The molecule has 0 amide bonds. The first-order chi connectivity index (χ1) is 8.67. The Morgan fingerprint density at radius 2 is 2.28 bits per heavy atom. The fourth-order valence-electron chi connectivity index (χ4n) is 1.33. The van der Waals surface area contributed by atoms with Gasteiger partial charge < -0.3 is 10.9 Å². The van der Waals surface area contributed by atoms with Crippen LogP contribution in [0.1, 0.15) is 18.4 Å². The molecule has 0 saturated heterocycles. The average molecular weight is 251 g/mol. The number of aryl methyl sites for hydroxylation is 1. The summed E-state index contributed by atoms with van der Waals surface area (Å²) in [7, 11) is 0. The molecule has 0 aliphatic rings. The maximum absolute atomic E-state index is 13.9. The van der Waals surface area contributed by atoms with Crippen molar-refractivity contribution >= 4 is 5.84 Å². The summed E-state index contributed by atoms with van der Waals surface area (Å²) >= 11 is 0. The lowest BCUT2D eigenvalue weighted by molar-refractivity contribution is 0.318. The van der Waals surface area contributed by atoms with Gasteiger partial charge >= 0.3 is 0 Å². The van der Waals surface area contributed by atoms with Crippen LogP contribution in [-0.2, 0) is 6.42 Å². The van der Waals surface area contributed by atoms with Crippen molar-refractivity contribution in [1.29, 1.82) is 0 Å². The molecule has 0 bridgehead atoms. The second-order valence-electron chi connectivity index (χ2n) is 3.31. The van der Waals surface area contributed by atoms with Crippen LogP contribution in [0.15, 0.2) is 17.8 Å². The quantitative estimate of drug-likeness (QED) is 0.339. The molecule has 0 radical (unpaired) electrons. The molecule has 0 saturated carbocycles. The van der Waals surface area contributed by atoms with Gasteiger partial charge in [0.2, 0.25) is 11.7 Å². The number of nitrogens with zero attached hydrogens (tertiary/aromatic N) is 6. The van der Waals surface area contributed by atoms with E-state index in [1.54, 1.807) is 6.92 Å². The van der Waals surface area contributed by atoms with E-state index in [0.717, 1.165) is 4.68 Å². The van der Waals surface area contributed by atoms with Gasteiger partial charge in [-0.3, -0.25) is 0 Å². The van der Waals surface area contributed by atoms with Crippen LogP contribution in [0.3, 0.4) is 0 Å². The van der Waals surface area contributed by atoms with Crippen molar-refractivity contribution < 1.29 is 9.60 Å². The van der Waals surface area contributed by atoms with Crippen LogP contribution in [0.25, 0.3) is 5.82 Å². The first kappa shape index (κ1) is 11.9. The molecule has 0 aromatic carbocycles. The van der Waals surface area contributed by atoms with Gasteiger partial charge in [0.15, 0.2) is 11.6 Å². The molecule has 0 spiro atoms. The number of rotatable bonds is 3. The summed E-state index contributed by atoms with van der Waals surface area (Å²) in [4.78, 5) is 11.4. The first-order valence-electron chi connectivity index (χ1n) is 5.06. The lowest BCUT2D eigenvalue weighted by atomic mass is 10.3. The van der Waals surface area contributed by atoms with Crippen molar-refractivity contribution in [2.45, 2.75) is 13.3 Å². The molecule has 0 fully saturated rings. The molecule has 2 rings (SSSR count). The zero-order valence-electron chi connectivity index (χ0n) is 9.45. The first-order valence-corrected chi connectivity index (χ1v) is 5.06. The molecule has 9 heteroatoms. The second kappa shape index (κ2) is 4.73. The number of nitrogens with two attached hydrogens (primary N) is 1. The Morgan fingerprint density at radius 3 is 2.94 bits per heavy atom. The van der Waals surface area contributed by atoms with Gasteiger partial charge in [0.25, 0.3) is 0 Å². The fourth-order valence-corrected chi connectivity index (χ4v) is 1.33. The summed E-state index contributed by atoms with van der Waals surface area (Å²) in [5, 5.41) is 15.1. The molecule has 2 aromatic heterocycles. The highest BCUT2D eigenvalue weighted by Gasteiger charge is 2.14. The molecule has 3 N–H and O–H groups in total. The number of oxime groups is 1. The Hall–Kier alpha value is -2.58. The Bertz CT molecular complexity index is 594. The zero-order chi connectivity index (χ0) is 13.1. The molecular formula is C9H10FN7O. The van der Waals surface area contributed by atoms with Crippen LogP contribution in [0, 0.1) is 5.82 Å². The van der Waals surface area contributed by atoms with E-state index < -0.39 is 5.82 Å². The maximum Gasteiger partial charge on any atom is 0.220 e. The minimum atomic E-state index is -0.573. The third-order valence-corrected chi connectivity index (χ3v) is 2.22. The van der Waals surface area contributed by atoms with E-state index in [-0.39, 0.29) is 23.2 Å². The average Bonchev–Trinajstić information content (AvgIpc) is 2.87. The lowest BCUT2D eigenvalue weighted by Gasteiger charge is -2.03. The number of aromatic nitrogens is 5. The standard InChI is InChI=1S/C9H10FN7O/c1-2-5-6(10)9(13-3-12-5)17-4-14-8(15-17)7(11)16-18/h3-4,18H,2H2,1H3,(H2,11,16). The smallest absolute Gasteiger partial charge is 0.220 e. The number of hydrogen-bond donors (Lipinski definition) is 2. The topological polar surface area (TPSA) is 115 Å². The van der Waals surface area contributed by atoms with E-state index in [0.29, 0.717) is 6.42 Å². The SMILES string of the molecule is CCc1ncnc(-n2cnc(C(N)=NO)n2)c1F. The lowest BCUT2D eigenvalue weighted by Crippen LogP contribution is -2.16. The Balaban J connectivity index is 2.46. The second-order valence-corrected chi connectivity index (χ2v) is 3.31. The summed E-state index contributed by atoms with van der Waals surface area (Å²) in [6.07, 6.45) is 2.89. The van der Waals surface area contributed by atoms with E-state index in [1.807, 2.05) is 0 Å². The molecule has 0 aliphatic carbocycles. The van der Waals surface area contributed by atoms with Gasteiger partial charge in [0.1, 0.15) is 12.7 Å². The van der Waals surface area contributed by atoms with Crippen molar-refractivity contribution in [1.82, 2.24) is 24.7 Å². The van der Waals surface area contributed by atoms with Crippen LogP contribution >= 0.6 is 0 Å². The predicted molar refractivity (Wildman–Crippen MR) is 58.8 cm³/mol. The molecule has 0 aliphatic heterocycles. The van der Waals surface area contributed by atoms with E-state index in [1.165, 1.54) is 12.7 Å². The van der Waals surface area contributed by atoms with Gasteiger partial charge in [0.05, 0.1) is 5.69 Å². The van der Waals surface area contributed by atoms with Crippen LogP contribution in [0.5, 0.6) is 0 Å². The molecule has 2 aromatic rings. The number of hydrogen-bond acceptors (Lipinski definition) is 6. The minimum Gasteiger partial charge on any atom is -0.409 e. The predicted octanol–water partition coefficient (Wildman–Crippen LogP) is -0.147. The third kappa shape index (κ3) is 1.97. The van der Waals surface area contributed by atoms with E-state index in [9.17, 15) is 4.39 Å². The minimum absolute atomic E-state index is 0.0199. The highest BCUT2D eigenvalue weighted by molar-refractivity contribution is 5.93. The fraction of sp³-hybridized carbons (Fsp3) is 0.222. The largest absolute Gasteiger partial charge is 0.409 e. The molecule has 2 heterocycles. The Morgan fingerprint density at radius 1 is 1.50 bits per heavy atom. The van der Waals surface area contributed by atoms with Crippen molar-refractivity contribution in [2.75, 3.05) is 0 Å². The van der Waals surface area contributed by atoms with E-state index >= 15 is 0 Å². The molecular weight excluding hydrogens is 241 g/mol. The molecule has 94 valence electrons. The van der Waals surface area contributed by atoms with Gasteiger partial charge in [-0.15, -0.1) is 5.10 Å². The van der Waals surface area contributed by atoms with Crippen molar-refractivity contribution in [3.05, 3.63) is 30.0 Å². The van der Waals surface area contributed by atoms with Crippen LogP contribution < -0.4 is 5.73 Å². The van der Waals surface area contributed by atoms with Crippen LogP contribution in [-0.4, -0.2) is 35.8 Å². The van der Waals surface area contributed by atoms with Gasteiger partial charge in [-0.05, 0) is 6.42 Å². The maximum atomic E-state index is 13.9. The van der Waals surface area contributed by atoms with E-state index in [4.69, 9.17) is 10.9 Å². The summed E-state index contributed by atoms with van der Waals surface area (Å²) < 4.78 is 15.0. The molecule has 0 atom stereocenters. The number of amidine groups is 1. The van der Waals surface area contributed by atoms with Gasteiger partial charge in [-0.2, -0.15) is 4.68 Å². The van der Waals surface area contributed by atoms with Gasteiger partial charge in [-0.1, -0.05) is 12.1 Å². The Kier molecular flexibility index (Phi) is 3.13. The normalized spacial score (nSPS) is 11.8. The van der Waals surface area contributed by atoms with Gasteiger partial charge in [-0.25, -0.2) is 19.3 Å². The summed E-state index contributed by atoms with van der Waals surface area (Å²) in [6, 6.07) is 0. The van der Waals surface area contributed by atoms with Crippen LogP contribution in [0.4, 0.5) is 4.39 Å². The Labute approximate surface area is 101 Å².